The van der Waals surface area contributed by atoms with Gasteiger partial charge in [-0.2, -0.15) is 0 Å². The SMILES string of the molecule is CC1(C)[C@@H](C(=O)O)N2C(=O)C(Br)(Br)[C@@H]2[S@]1=O. The maximum atomic E-state index is 12.2. The van der Waals surface area contributed by atoms with E-state index in [1.165, 1.54) is 4.90 Å². The van der Waals surface area contributed by atoms with E-state index in [0.717, 1.165) is 0 Å². The zero-order valence-electron chi connectivity index (χ0n) is 8.44. The summed E-state index contributed by atoms with van der Waals surface area (Å²) in [6.07, 6.45) is 0. The van der Waals surface area contributed by atoms with Crippen molar-refractivity contribution >= 4 is 54.5 Å². The number of hydrogen-bond acceptors (Lipinski definition) is 3. The first-order valence-electron chi connectivity index (χ1n) is 4.47. The van der Waals surface area contributed by atoms with E-state index >= 15 is 0 Å². The van der Waals surface area contributed by atoms with Gasteiger partial charge in [0.1, 0.15) is 11.4 Å². The molecule has 0 aliphatic carbocycles. The summed E-state index contributed by atoms with van der Waals surface area (Å²) < 4.78 is 10.1. The molecule has 2 fully saturated rings. The molecule has 1 amide bonds. The molecule has 0 unspecified atom stereocenters. The Morgan fingerprint density at radius 3 is 2.44 bits per heavy atom. The number of halogens is 2. The minimum Gasteiger partial charge on any atom is -0.480 e. The lowest BCUT2D eigenvalue weighted by Crippen LogP contribution is -2.69. The molecule has 0 saturated carbocycles. The molecule has 2 saturated heterocycles. The second-order valence-corrected chi connectivity index (χ2v) is 9.99. The van der Waals surface area contributed by atoms with Crippen LogP contribution in [0.2, 0.25) is 0 Å². The number of nitrogens with zero attached hydrogens (tertiary/aromatic N) is 1. The lowest BCUT2D eigenvalue weighted by molar-refractivity contribution is -0.157. The van der Waals surface area contributed by atoms with Crippen LogP contribution in [-0.2, 0) is 20.4 Å². The molecule has 1 N–H and O–H groups in total. The van der Waals surface area contributed by atoms with Gasteiger partial charge in [0.25, 0.3) is 5.91 Å². The third-order valence-electron chi connectivity index (χ3n) is 2.97. The van der Waals surface area contributed by atoms with Gasteiger partial charge in [-0.15, -0.1) is 0 Å². The average molecular weight is 375 g/mol. The molecule has 16 heavy (non-hydrogen) atoms. The number of aliphatic carboxylic acids is 1. The summed E-state index contributed by atoms with van der Waals surface area (Å²) in [4.78, 5) is 24.1. The number of carboxylic acid groups (broad SMARTS) is 1. The summed E-state index contributed by atoms with van der Waals surface area (Å²) in [6.45, 7) is 3.20. The van der Waals surface area contributed by atoms with Crippen molar-refractivity contribution in [2.45, 2.75) is 33.2 Å². The van der Waals surface area contributed by atoms with Crippen LogP contribution in [0, 0.1) is 0 Å². The zero-order chi connectivity index (χ0) is 12.5. The van der Waals surface area contributed by atoms with E-state index < -0.39 is 36.2 Å². The molecule has 0 aromatic rings. The first-order chi connectivity index (χ1) is 7.13. The molecular weight excluding hydrogens is 366 g/mol. The number of carbonyl (C=O) groups excluding carboxylic acids is 1. The van der Waals surface area contributed by atoms with Gasteiger partial charge in [0.2, 0.25) is 0 Å². The standard InChI is InChI=1S/C8H9Br2NO4S/c1-7(2)3(4(12)13)11-5(14)8(9,10)6(11)16(7)15/h3,6H,1-2H3,(H,12,13)/t3-,6+,16-/m1/s1. The number of carboxylic acids is 1. The highest BCUT2D eigenvalue weighted by Crippen LogP contribution is 2.54. The van der Waals surface area contributed by atoms with Crippen molar-refractivity contribution < 1.29 is 18.9 Å². The fraction of sp³-hybridized carbons (Fsp3) is 0.750. The van der Waals surface area contributed by atoms with Crippen molar-refractivity contribution in [1.82, 2.24) is 4.90 Å². The van der Waals surface area contributed by atoms with Crippen LogP contribution in [-0.4, -0.2) is 45.5 Å². The Bertz CT molecular complexity index is 422. The minimum atomic E-state index is -1.43. The van der Waals surface area contributed by atoms with Crippen molar-refractivity contribution in [1.29, 1.82) is 0 Å². The Labute approximate surface area is 111 Å². The zero-order valence-corrected chi connectivity index (χ0v) is 12.4. The monoisotopic (exact) mass is 373 g/mol. The summed E-state index contributed by atoms with van der Waals surface area (Å²) in [5.41, 5.74) is 0. The van der Waals surface area contributed by atoms with Crippen LogP contribution in [0.25, 0.3) is 0 Å². The molecular formula is C8H9Br2NO4S. The second kappa shape index (κ2) is 3.29. The number of rotatable bonds is 1. The van der Waals surface area contributed by atoms with Crippen LogP contribution in [0.4, 0.5) is 0 Å². The summed E-state index contributed by atoms with van der Waals surface area (Å²) >= 11 is 6.29. The molecule has 5 nitrogen and oxygen atoms in total. The molecule has 90 valence electrons. The number of carbonyl (C=O) groups is 2. The first kappa shape index (κ1) is 12.5. The van der Waals surface area contributed by atoms with Gasteiger partial charge in [0.05, 0.1) is 15.5 Å². The van der Waals surface area contributed by atoms with Gasteiger partial charge in [-0.25, -0.2) is 4.79 Å². The average Bonchev–Trinajstić information content (AvgIpc) is 2.33. The van der Waals surface area contributed by atoms with Crippen LogP contribution in [0.3, 0.4) is 0 Å². The van der Waals surface area contributed by atoms with Gasteiger partial charge < -0.3 is 10.0 Å². The highest BCUT2D eigenvalue weighted by Gasteiger charge is 2.73. The lowest BCUT2D eigenvalue weighted by Gasteiger charge is -2.45. The number of β-lactam (4-membered cyclic amide) rings is 1. The quantitative estimate of drug-likeness (QED) is 0.539. The molecule has 0 aromatic heterocycles. The fourth-order valence-corrected chi connectivity index (χ4v) is 5.80. The van der Waals surface area contributed by atoms with Crippen LogP contribution in [0.5, 0.6) is 0 Å². The highest BCUT2D eigenvalue weighted by atomic mass is 79.9. The Balaban J connectivity index is 2.50. The van der Waals surface area contributed by atoms with Crippen molar-refractivity contribution in [2.24, 2.45) is 0 Å². The van der Waals surface area contributed by atoms with E-state index in [1.54, 1.807) is 13.8 Å². The van der Waals surface area contributed by atoms with E-state index in [4.69, 9.17) is 5.11 Å². The number of fused-ring (bicyclic) bond motifs is 1. The van der Waals surface area contributed by atoms with E-state index in [1.807, 2.05) is 0 Å². The molecule has 0 aromatic carbocycles. The molecule has 2 aliphatic heterocycles. The minimum absolute atomic E-state index is 0.385. The van der Waals surface area contributed by atoms with Gasteiger partial charge in [0, 0.05) is 0 Å². The van der Waals surface area contributed by atoms with Crippen molar-refractivity contribution in [2.75, 3.05) is 0 Å². The normalized spacial score (nSPS) is 39.1. The molecule has 2 heterocycles. The Morgan fingerprint density at radius 2 is 2.00 bits per heavy atom. The molecule has 8 heteroatoms. The van der Waals surface area contributed by atoms with Gasteiger partial charge in [-0.3, -0.25) is 9.00 Å². The number of alkyl halides is 2. The summed E-state index contributed by atoms with van der Waals surface area (Å²) in [5, 5.41) is 8.49. The molecule has 3 atom stereocenters. The molecule has 2 rings (SSSR count). The van der Waals surface area contributed by atoms with E-state index in [0.29, 0.717) is 0 Å². The predicted octanol–water partition coefficient (Wildman–Crippen LogP) is 0.635. The van der Waals surface area contributed by atoms with Crippen molar-refractivity contribution in [3.8, 4) is 0 Å². The van der Waals surface area contributed by atoms with Gasteiger partial charge in [-0.05, 0) is 13.8 Å². The summed E-state index contributed by atoms with van der Waals surface area (Å²) in [6, 6.07) is -1.03. The number of amides is 1. The van der Waals surface area contributed by atoms with Crippen LogP contribution >= 0.6 is 31.9 Å². The second-order valence-electron chi connectivity index (χ2n) is 4.33. The third-order valence-corrected chi connectivity index (χ3v) is 7.37. The molecule has 0 bridgehead atoms. The van der Waals surface area contributed by atoms with Gasteiger partial charge in [0.15, 0.2) is 3.23 Å². The first-order valence-corrected chi connectivity index (χ1v) is 7.27. The molecule has 2 aliphatic rings. The van der Waals surface area contributed by atoms with Crippen LogP contribution < -0.4 is 0 Å². The van der Waals surface area contributed by atoms with Gasteiger partial charge >= 0.3 is 5.97 Å². The van der Waals surface area contributed by atoms with Gasteiger partial charge in [-0.1, -0.05) is 31.9 Å². The number of hydrogen-bond donors (Lipinski definition) is 1. The van der Waals surface area contributed by atoms with E-state index in [9.17, 15) is 13.8 Å². The largest absolute Gasteiger partial charge is 0.480 e. The Hall–Kier alpha value is 0.0500. The smallest absolute Gasteiger partial charge is 0.328 e. The molecule has 0 radical (unpaired) electrons. The maximum Gasteiger partial charge on any atom is 0.328 e. The Morgan fingerprint density at radius 1 is 1.50 bits per heavy atom. The predicted molar refractivity (Wildman–Crippen MR) is 64.9 cm³/mol. The van der Waals surface area contributed by atoms with E-state index in [2.05, 4.69) is 31.9 Å². The highest BCUT2D eigenvalue weighted by molar-refractivity contribution is 9.26. The fourth-order valence-electron chi connectivity index (χ4n) is 2.13. The van der Waals surface area contributed by atoms with Crippen LogP contribution in [0.1, 0.15) is 13.8 Å². The topological polar surface area (TPSA) is 74.7 Å². The summed E-state index contributed by atoms with van der Waals surface area (Å²) in [5.74, 6) is -1.51. The van der Waals surface area contributed by atoms with Crippen molar-refractivity contribution in [3.63, 3.8) is 0 Å². The maximum absolute atomic E-state index is 12.2. The van der Waals surface area contributed by atoms with Crippen molar-refractivity contribution in [3.05, 3.63) is 0 Å². The van der Waals surface area contributed by atoms with E-state index in [-0.39, 0.29) is 5.91 Å². The lowest BCUT2D eigenvalue weighted by atomic mass is 9.98. The third kappa shape index (κ3) is 1.23. The molecule has 0 spiro atoms. The van der Waals surface area contributed by atoms with Crippen LogP contribution in [0.15, 0.2) is 0 Å². The Kier molecular flexibility index (Phi) is 2.57. The summed E-state index contributed by atoms with van der Waals surface area (Å²) in [7, 11) is -1.43.